The standard InChI is InChI=1S/C16H14BrClN2O3/c1-10(12-4-2-3-5-14(12)21)19-20-16(22)9-23-15-7-6-11(17)8-13(15)18/h2-8,21H,9H2,1H3,(H,20,22)/b19-10+. The number of para-hydroxylation sites is 1. The molecule has 0 unspecified atom stereocenters. The molecule has 2 N–H and O–H groups in total. The zero-order chi connectivity index (χ0) is 16.8. The van der Waals surface area contributed by atoms with E-state index in [1.54, 1.807) is 49.4 Å². The van der Waals surface area contributed by atoms with E-state index in [0.29, 0.717) is 22.0 Å². The fourth-order valence-corrected chi connectivity index (χ4v) is 2.48. The molecule has 2 aromatic rings. The zero-order valence-electron chi connectivity index (χ0n) is 12.2. The third-order valence-electron chi connectivity index (χ3n) is 2.89. The average Bonchev–Trinajstić information content (AvgIpc) is 2.52. The highest BCUT2D eigenvalue weighted by Crippen LogP contribution is 2.27. The topological polar surface area (TPSA) is 70.9 Å². The van der Waals surface area contributed by atoms with Crippen LogP contribution < -0.4 is 10.2 Å². The summed E-state index contributed by atoms with van der Waals surface area (Å²) in [5, 5.41) is 14.1. The first-order valence-corrected chi connectivity index (χ1v) is 7.84. The van der Waals surface area contributed by atoms with Gasteiger partial charge in [0, 0.05) is 10.0 Å². The Bertz CT molecular complexity index is 750. The molecule has 0 aliphatic rings. The third kappa shape index (κ3) is 4.97. The minimum absolute atomic E-state index is 0.0980. The Morgan fingerprint density at radius 2 is 2.09 bits per heavy atom. The summed E-state index contributed by atoms with van der Waals surface area (Å²) < 4.78 is 6.15. The van der Waals surface area contributed by atoms with Crippen LogP contribution in [0.25, 0.3) is 0 Å². The predicted octanol–water partition coefficient (Wildman–Crippen LogP) is 3.73. The normalized spacial score (nSPS) is 11.2. The fourth-order valence-electron chi connectivity index (χ4n) is 1.75. The number of nitrogens with one attached hydrogen (secondary N) is 1. The van der Waals surface area contributed by atoms with E-state index in [1.807, 2.05) is 0 Å². The molecule has 0 aromatic heterocycles. The van der Waals surface area contributed by atoms with Gasteiger partial charge in [-0.3, -0.25) is 4.79 Å². The van der Waals surface area contributed by atoms with Crippen molar-refractivity contribution in [1.82, 2.24) is 5.43 Å². The number of rotatable bonds is 5. The Balaban J connectivity index is 1.92. The molecule has 2 rings (SSSR count). The Labute approximate surface area is 147 Å². The van der Waals surface area contributed by atoms with E-state index in [9.17, 15) is 9.90 Å². The van der Waals surface area contributed by atoms with Crippen LogP contribution in [0.15, 0.2) is 52.0 Å². The van der Waals surface area contributed by atoms with E-state index >= 15 is 0 Å². The molecule has 0 spiro atoms. The molecule has 0 radical (unpaired) electrons. The lowest BCUT2D eigenvalue weighted by Crippen LogP contribution is -2.25. The molecule has 120 valence electrons. The average molecular weight is 398 g/mol. The van der Waals surface area contributed by atoms with E-state index in [1.165, 1.54) is 0 Å². The van der Waals surface area contributed by atoms with Crippen LogP contribution in [-0.4, -0.2) is 23.3 Å². The van der Waals surface area contributed by atoms with Crippen molar-refractivity contribution in [2.45, 2.75) is 6.92 Å². The quantitative estimate of drug-likeness (QED) is 0.596. The molecule has 0 saturated carbocycles. The summed E-state index contributed by atoms with van der Waals surface area (Å²) >= 11 is 9.28. The Morgan fingerprint density at radius 1 is 1.35 bits per heavy atom. The van der Waals surface area contributed by atoms with E-state index in [4.69, 9.17) is 16.3 Å². The van der Waals surface area contributed by atoms with E-state index in [2.05, 4.69) is 26.5 Å². The first-order chi connectivity index (χ1) is 11.0. The number of carbonyl (C=O) groups is 1. The lowest BCUT2D eigenvalue weighted by Gasteiger charge is -2.08. The molecule has 2 aromatic carbocycles. The van der Waals surface area contributed by atoms with Crippen LogP contribution in [-0.2, 0) is 4.79 Å². The van der Waals surface area contributed by atoms with Gasteiger partial charge in [-0.25, -0.2) is 5.43 Å². The van der Waals surface area contributed by atoms with E-state index in [0.717, 1.165) is 4.47 Å². The number of benzene rings is 2. The van der Waals surface area contributed by atoms with Crippen molar-refractivity contribution in [3.63, 3.8) is 0 Å². The second kappa shape index (κ2) is 7.99. The van der Waals surface area contributed by atoms with Gasteiger partial charge in [0.2, 0.25) is 0 Å². The molecule has 0 saturated heterocycles. The molecule has 0 fully saturated rings. The van der Waals surface area contributed by atoms with Crippen molar-refractivity contribution in [3.8, 4) is 11.5 Å². The van der Waals surface area contributed by atoms with Gasteiger partial charge in [0.15, 0.2) is 6.61 Å². The maximum Gasteiger partial charge on any atom is 0.277 e. The Kier molecular flexibility index (Phi) is 6.01. The number of hydrazone groups is 1. The molecule has 5 nitrogen and oxygen atoms in total. The molecular formula is C16H14BrClN2O3. The van der Waals surface area contributed by atoms with Gasteiger partial charge in [0.05, 0.1) is 10.7 Å². The summed E-state index contributed by atoms with van der Waals surface area (Å²) in [5.41, 5.74) is 3.40. The van der Waals surface area contributed by atoms with Gasteiger partial charge in [-0.15, -0.1) is 0 Å². The van der Waals surface area contributed by atoms with Gasteiger partial charge in [0.1, 0.15) is 11.5 Å². The molecule has 0 aliphatic heterocycles. The first kappa shape index (κ1) is 17.3. The molecule has 1 amide bonds. The lowest BCUT2D eigenvalue weighted by molar-refractivity contribution is -0.123. The molecule has 0 atom stereocenters. The molecule has 23 heavy (non-hydrogen) atoms. The smallest absolute Gasteiger partial charge is 0.277 e. The maximum atomic E-state index is 11.8. The SMILES string of the molecule is C/C(=N\NC(=O)COc1ccc(Br)cc1Cl)c1ccccc1O. The number of halogens is 2. The van der Waals surface area contributed by atoms with Gasteiger partial charge in [0.25, 0.3) is 5.91 Å². The van der Waals surface area contributed by atoms with Crippen LogP contribution in [0.1, 0.15) is 12.5 Å². The number of carbonyl (C=O) groups excluding carboxylic acids is 1. The third-order valence-corrected chi connectivity index (χ3v) is 3.68. The van der Waals surface area contributed by atoms with Crippen molar-refractivity contribution in [3.05, 3.63) is 57.5 Å². The van der Waals surface area contributed by atoms with Crippen molar-refractivity contribution < 1.29 is 14.6 Å². The lowest BCUT2D eigenvalue weighted by atomic mass is 10.1. The van der Waals surface area contributed by atoms with Crippen molar-refractivity contribution in [2.24, 2.45) is 5.10 Å². The predicted molar refractivity (Wildman–Crippen MR) is 93.1 cm³/mol. The van der Waals surface area contributed by atoms with E-state index in [-0.39, 0.29) is 12.4 Å². The van der Waals surface area contributed by atoms with Gasteiger partial charge in [-0.2, -0.15) is 5.10 Å². The largest absolute Gasteiger partial charge is 0.507 e. The monoisotopic (exact) mass is 396 g/mol. The second-order valence-electron chi connectivity index (χ2n) is 4.61. The zero-order valence-corrected chi connectivity index (χ0v) is 14.6. The number of phenolic OH excluding ortho intramolecular Hbond substituents is 1. The van der Waals surface area contributed by atoms with E-state index < -0.39 is 5.91 Å². The number of phenols is 1. The van der Waals surface area contributed by atoms with Crippen LogP contribution in [0.2, 0.25) is 5.02 Å². The number of hydrogen-bond donors (Lipinski definition) is 2. The number of amides is 1. The summed E-state index contributed by atoms with van der Waals surface area (Å²) in [6.45, 7) is 1.46. The number of aromatic hydroxyl groups is 1. The number of nitrogens with zero attached hydrogens (tertiary/aromatic N) is 1. The Morgan fingerprint density at radius 3 is 2.78 bits per heavy atom. The van der Waals surface area contributed by atoms with Crippen molar-refractivity contribution in [2.75, 3.05) is 6.61 Å². The number of hydrogen-bond acceptors (Lipinski definition) is 4. The van der Waals surface area contributed by atoms with Crippen LogP contribution in [0.4, 0.5) is 0 Å². The highest BCUT2D eigenvalue weighted by Gasteiger charge is 2.07. The molecule has 0 aliphatic carbocycles. The van der Waals surface area contributed by atoms with Crippen LogP contribution in [0, 0.1) is 0 Å². The summed E-state index contributed by atoms with van der Waals surface area (Å²) in [5.74, 6) is 0.0751. The van der Waals surface area contributed by atoms with Crippen LogP contribution in [0.5, 0.6) is 11.5 Å². The minimum Gasteiger partial charge on any atom is -0.507 e. The summed E-state index contributed by atoms with van der Waals surface area (Å²) in [6.07, 6.45) is 0. The maximum absolute atomic E-state index is 11.8. The molecule has 7 heteroatoms. The van der Waals surface area contributed by atoms with Crippen molar-refractivity contribution >= 4 is 39.1 Å². The summed E-state index contributed by atoms with van der Waals surface area (Å²) in [4.78, 5) is 11.8. The summed E-state index contributed by atoms with van der Waals surface area (Å²) in [7, 11) is 0. The highest BCUT2D eigenvalue weighted by molar-refractivity contribution is 9.10. The van der Waals surface area contributed by atoms with Gasteiger partial charge < -0.3 is 9.84 Å². The second-order valence-corrected chi connectivity index (χ2v) is 5.94. The molecular weight excluding hydrogens is 384 g/mol. The van der Waals surface area contributed by atoms with Gasteiger partial charge in [-0.1, -0.05) is 39.7 Å². The molecule has 0 heterocycles. The van der Waals surface area contributed by atoms with Crippen molar-refractivity contribution in [1.29, 1.82) is 0 Å². The Hall–Kier alpha value is -2.05. The van der Waals surface area contributed by atoms with Gasteiger partial charge >= 0.3 is 0 Å². The highest BCUT2D eigenvalue weighted by atomic mass is 79.9. The summed E-state index contributed by atoms with van der Waals surface area (Å²) in [6, 6.07) is 11.8. The number of ether oxygens (including phenoxy) is 1. The van der Waals surface area contributed by atoms with Crippen LogP contribution >= 0.6 is 27.5 Å². The minimum atomic E-state index is -0.432. The first-order valence-electron chi connectivity index (χ1n) is 6.66. The van der Waals surface area contributed by atoms with Crippen LogP contribution in [0.3, 0.4) is 0 Å². The van der Waals surface area contributed by atoms with Gasteiger partial charge in [-0.05, 0) is 37.3 Å². The molecule has 0 bridgehead atoms. The fraction of sp³-hybridized carbons (Fsp3) is 0.125.